The number of pyridine rings is 1. The Kier molecular flexibility index (Phi) is 6.25. The number of carbonyl (C=O) groups is 1. The molecule has 2 heterocycles. The molecule has 7 nitrogen and oxygen atoms in total. The summed E-state index contributed by atoms with van der Waals surface area (Å²) in [6.45, 7) is 0.173. The molecule has 12 heteroatoms. The molecule has 0 bridgehead atoms. The van der Waals surface area contributed by atoms with Gasteiger partial charge in [-0.3, -0.25) is 9.59 Å². The van der Waals surface area contributed by atoms with Crippen molar-refractivity contribution in [2.24, 2.45) is 0 Å². The summed E-state index contributed by atoms with van der Waals surface area (Å²) >= 11 is 5.54. The number of sulfonamides is 1. The first kappa shape index (κ1) is 22.3. The van der Waals surface area contributed by atoms with Crippen molar-refractivity contribution < 1.29 is 26.4 Å². The van der Waals surface area contributed by atoms with Gasteiger partial charge in [0.05, 0.1) is 15.5 Å². The summed E-state index contributed by atoms with van der Waals surface area (Å²) in [7, 11) is -3.80. The van der Waals surface area contributed by atoms with Crippen molar-refractivity contribution in [3.63, 3.8) is 0 Å². The van der Waals surface area contributed by atoms with Crippen molar-refractivity contribution in [1.29, 1.82) is 0 Å². The molecule has 1 fully saturated rings. The van der Waals surface area contributed by atoms with Gasteiger partial charge in [-0.2, -0.15) is 17.5 Å². The summed E-state index contributed by atoms with van der Waals surface area (Å²) in [6.07, 6.45) is -2.17. The number of benzene rings is 1. The molecule has 1 aromatic carbocycles. The van der Waals surface area contributed by atoms with E-state index in [-0.39, 0.29) is 10.6 Å². The molecule has 2 aromatic rings. The molecule has 1 aliphatic heterocycles. The fraction of sp³-hybridized carbons (Fsp3) is 0.333. The molecule has 1 aliphatic rings. The molecule has 0 saturated carbocycles. The molecule has 0 atom stereocenters. The molecule has 0 aliphatic carbocycles. The van der Waals surface area contributed by atoms with Crippen LogP contribution in [0.2, 0.25) is 5.02 Å². The second-order valence-corrected chi connectivity index (χ2v) is 9.03. The van der Waals surface area contributed by atoms with Crippen molar-refractivity contribution in [1.82, 2.24) is 8.87 Å². The minimum atomic E-state index is -4.70. The fourth-order valence-electron chi connectivity index (χ4n) is 3.04. The molecular formula is C18H17ClF3N3O4S. The molecular weight excluding hydrogens is 447 g/mol. The molecule has 30 heavy (non-hydrogen) atoms. The number of alkyl halides is 3. The molecule has 1 amide bonds. The summed E-state index contributed by atoms with van der Waals surface area (Å²) in [5.74, 6) is -0.803. The first-order valence-corrected chi connectivity index (χ1v) is 10.7. The zero-order valence-corrected chi connectivity index (χ0v) is 17.0. The molecule has 3 rings (SSSR count). The summed E-state index contributed by atoms with van der Waals surface area (Å²) in [5, 5.41) is 1.74. The molecule has 0 radical (unpaired) electrons. The number of halogens is 4. The zero-order chi connectivity index (χ0) is 22.1. The number of carbonyl (C=O) groups excluding carboxylic acids is 1. The molecule has 1 N–H and O–H groups in total. The van der Waals surface area contributed by atoms with Gasteiger partial charge in [0.2, 0.25) is 15.9 Å². The maximum absolute atomic E-state index is 12.9. The van der Waals surface area contributed by atoms with Crippen molar-refractivity contribution in [2.75, 3.05) is 18.4 Å². The highest BCUT2D eigenvalue weighted by Crippen LogP contribution is 2.36. The number of amides is 1. The van der Waals surface area contributed by atoms with Crippen molar-refractivity contribution in [2.45, 2.75) is 30.5 Å². The van der Waals surface area contributed by atoms with Gasteiger partial charge in [-0.15, -0.1) is 0 Å². The van der Waals surface area contributed by atoms with E-state index in [9.17, 15) is 31.2 Å². The largest absolute Gasteiger partial charge is 0.417 e. The Morgan fingerprint density at radius 3 is 2.43 bits per heavy atom. The lowest BCUT2D eigenvalue weighted by Crippen LogP contribution is -2.31. The maximum Gasteiger partial charge on any atom is 0.417 e. The van der Waals surface area contributed by atoms with Crippen LogP contribution >= 0.6 is 11.6 Å². The Labute approximate surface area is 175 Å². The SMILES string of the molecule is O=C(Cn1cc(S(=O)(=O)N2CCCC2)ccc1=O)Nc1ccc(Cl)c(C(F)(F)F)c1. The second-order valence-electron chi connectivity index (χ2n) is 6.68. The first-order valence-electron chi connectivity index (χ1n) is 8.86. The minimum Gasteiger partial charge on any atom is -0.325 e. The topological polar surface area (TPSA) is 88.5 Å². The van der Waals surface area contributed by atoms with Crippen LogP contribution in [0.5, 0.6) is 0 Å². The van der Waals surface area contributed by atoms with E-state index in [4.69, 9.17) is 11.6 Å². The van der Waals surface area contributed by atoms with Crippen LogP contribution in [0.15, 0.2) is 46.2 Å². The number of nitrogens with zero attached hydrogens (tertiary/aromatic N) is 2. The summed E-state index contributed by atoms with van der Waals surface area (Å²) < 4.78 is 66.3. The second kappa shape index (κ2) is 8.40. The van der Waals surface area contributed by atoms with E-state index in [0.717, 1.165) is 35.7 Å². The Bertz CT molecular complexity index is 1130. The number of hydrogen-bond acceptors (Lipinski definition) is 4. The van der Waals surface area contributed by atoms with Crippen molar-refractivity contribution in [3.8, 4) is 0 Å². The van der Waals surface area contributed by atoms with E-state index in [2.05, 4.69) is 5.32 Å². The highest BCUT2D eigenvalue weighted by atomic mass is 35.5. The predicted octanol–water partition coefficient (Wildman–Crippen LogP) is 2.94. The summed E-state index contributed by atoms with van der Waals surface area (Å²) in [5.41, 5.74) is -1.90. The standard InChI is InChI=1S/C18H17ClF3N3O4S/c19-15-5-3-12(9-14(15)18(20,21)22)23-16(26)11-24-10-13(4-6-17(24)27)30(28,29)25-7-1-2-8-25/h3-6,9-10H,1-2,7-8,11H2,(H,23,26). The van der Waals surface area contributed by atoms with Gasteiger partial charge in [0.15, 0.2) is 0 Å². The van der Waals surface area contributed by atoms with E-state index in [1.807, 2.05) is 0 Å². The third-order valence-corrected chi connectivity index (χ3v) is 6.74. The third kappa shape index (κ3) is 4.85. The van der Waals surface area contributed by atoms with Gasteiger partial charge in [-0.05, 0) is 37.1 Å². The molecule has 1 saturated heterocycles. The lowest BCUT2D eigenvalue weighted by atomic mass is 10.2. The van der Waals surface area contributed by atoms with E-state index in [1.54, 1.807) is 0 Å². The number of nitrogens with one attached hydrogen (secondary N) is 1. The smallest absolute Gasteiger partial charge is 0.325 e. The third-order valence-electron chi connectivity index (χ3n) is 4.53. The monoisotopic (exact) mass is 463 g/mol. The van der Waals surface area contributed by atoms with Crippen molar-refractivity contribution >= 4 is 33.2 Å². The van der Waals surface area contributed by atoms with Crippen LogP contribution in [-0.2, 0) is 27.5 Å². The quantitative estimate of drug-likeness (QED) is 0.738. The Hall–Kier alpha value is -2.37. The minimum absolute atomic E-state index is 0.136. The van der Waals surface area contributed by atoms with Crippen LogP contribution in [-0.4, -0.2) is 36.3 Å². The van der Waals surface area contributed by atoms with Gasteiger partial charge in [0.25, 0.3) is 5.56 Å². The van der Waals surface area contributed by atoms with Crippen LogP contribution in [0.25, 0.3) is 0 Å². The van der Waals surface area contributed by atoms with Gasteiger partial charge in [-0.25, -0.2) is 8.42 Å². The number of anilines is 1. The fourth-order valence-corrected chi connectivity index (χ4v) is 4.80. The summed E-state index contributed by atoms with van der Waals surface area (Å²) in [6, 6.07) is 5.05. The lowest BCUT2D eigenvalue weighted by molar-refractivity contribution is -0.137. The van der Waals surface area contributed by atoms with Crippen LogP contribution in [0.4, 0.5) is 18.9 Å². The highest BCUT2D eigenvalue weighted by molar-refractivity contribution is 7.89. The average Bonchev–Trinajstić information content (AvgIpc) is 3.19. The number of aromatic nitrogens is 1. The van der Waals surface area contributed by atoms with Crippen LogP contribution in [0.1, 0.15) is 18.4 Å². The molecule has 162 valence electrons. The van der Waals surface area contributed by atoms with E-state index < -0.39 is 44.8 Å². The van der Waals surface area contributed by atoms with Crippen LogP contribution in [0.3, 0.4) is 0 Å². The number of hydrogen-bond donors (Lipinski definition) is 1. The highest BCUT2D eigenvalue weighted by Gasteiger charge is 2.33. The molecule has 1 aromatic heterocycles. The predicted molar refractivity (Wildman–Crippen MR) is 104 cm³/mol. The first-order chi connectivity index (χ1) is 14.0. The normalized spacial score (nSPS) is 15.3. The Balaban J connectivity index is 1.80. The van der Waals surface area contributed by atoms with E-state index in [1.165, 1.54) is 16.4 Å². The van der Waals surface area contributed by atoms with E-state index in [0.29, 0.717) is 19.2 Å². The molecule has 0 spiro atoms. The Morgan fingerprint density at radius 1 is 1.13 bits per heavy atom. The lowest BCUT2D eigenvalue weighted by Gasteiger charge is -2.16. The Morgan fingerprint density at radius 2 is 1.80 bits per heavy atom. The van der Waals surface area contributed by atoms with Gasteiger partial charge < -0.3 is 9.88 Å². The van der Waals surface area contributed by atoms with E-state index >= 15 is 0 Å². The summed E-state index contributed by atoms with van der Waals surface area (Å²) in [4.78, 5) is 24.2. The maximum atomic E-state index is 12.9. The van der Waals surface area contributed by atoms with Crippen molar-refractivity contribution in [3.05, 3.63) is 57.5 Å². The van der Waals surface area contributed by atoms with Gasteiger partial charge in [0.1, 0.15) is 6.54 Å². The number of rotatable bonds is 5. The zero-order valence-electron chi connectivity index (χ0n) is 15.4. The van der Waals surface area contributed by atoms with Gasteiger partial charge in [0, 0.05) is 31.0 Å². The van der Waals surface area contributed by atoms with Crippen LogP contribution < -0.4 is 10.9 Å². The molecule has 0 unspecified atom stereocenters. The average molecular weight is 464 g/mol. The van der Waals surface area contributed by atoms with Gasteiger partial charge >= 0.3 is 6.18 Å². The van der Waals surface area contributed by atoms with Gasteiger partial charge in [-0.1, -0.05) is 11.6 Å². The van der Waals surface area contributed by atoms with Crippen LogP contribution in [0, 0.1) is 0 Å².